The van der Waals surface area contributed by atoms with Crippen molar-refractivity contribution in [2.24, 2.45) is 0 Å². The highest BCUT2D eigenvalue weighted by atomic mass is 35.6. The molecule has 0 fully saturated rings. The molecule has 0 radical (unpaired) electrons. The van der Waals surface area contributed by atoms with Gasteiger partial charge in [-0.25, -0.2) is 4.79 Å². The Kier molecular flexibility index (Phi) is 6.56. The number of hydrogen-bond acceptors (Lipinski definition) is 2. The lowest BCUT2D eigenvalue weighted by molar-refractivity contribution is -0.137. The van der Waals surface area contributed by atoms with Gasteiger partial charge < -0.3 is 4.74 Å². The van der Waals surface area contributed by atoms with Gasteiger partial charge >= 0.3 is 5.97 Å². The minimum atomic E-state index is -1.54. The van der Waals surface area contributed by atoms with Gasteiger partial charge in [-0.05, 0) is 12.5 Å². The topological polar surface area (TPSA) is 26.3 Å². The molecule has 0 amide bonds. The average molecular weight is 246 g/mol. The first kappa shape index (κ1) is 13.1. The van der Waals surface area contributed by atoms with Crippen LogP contribution in [0.5, 0.6) is 0 Å². The van der Waals surface area contributed by atoms with E-state index >= 15 is 0 Å². The van der Waals surface area contributed by atoms with E-state index in [9.17, 15) is 4.79 Å². The van der Waals surface area contributed by atoms with Crippen LogP contribution in [0, 0.1) is 0 Å². The van der Waals surface area contributed by atoms with Gasteiger partial charge in [-0.1, -0.05) is 48.1 Å². The molecule has 0 aliphatic carbocycles. The summed E-state index contributed by atoms with van der Waals surface area (Å²) in [6, 6.07) is 0. The van der Waals surface area contributed by atoms with Gasteiger partial charge in [0.25, 0.3) is 0 Å². The Morgan fingerprint density at radius 2 is 2.08 bits per heavy atom. The molecule has 0 aliphatic heterocycles. The zero-order valence-electron chi connectivity index (χ0n) is 7.23. The van der Waals surface area contributed by atoms with E-state index in [1.54, 1.807) is 0 Å². The third-order valence-electron chi connectivity index (χ3n) is 1.15. The number of allylic oxidation sites excluding steroid dienone is 1. The molecule has 0 aliphatic rings. The fourth-order valence-corrected chi connectivity index (χ4v) is 0.717. The van der Waals surface area contributed by atoms with E-state index in [0.717, 1.165) is 25.0 Å². The molecule has 5 heteroatoms. The van der Waals surface area contributed by atoms with E-state index in [4.69, 9.17) is 39.5 Å². The standard InChI is InChI=1S/C8H11Cl3O2/c1-2-3-6-13-7(12)4-5-8(9,10)11/h4-5H,2-3,6H2,1H3/b5-4+. The lowest BCUT2D eigenvalue weighted by Crippen LogP contribution is -2.04. The van der Waals surface area contributed by atoms with Crippen LogP contribution in [0.4, 0.5) is 0 Å². The zero-order chi connectivity index (χ0) is 10.3. The Morgan fingerprint density at radius 3 is 2.54 bits per heavy atom. The third-order valence-corrected chi connectivity index (χ3v) is 1.53. The number of hydrogen-bond donors (Lipinski definition) is 0. The van der Waals surface area contributed by atoms with Gasteiger partial charge in [-0.3, -0.25) is 0 Å². The Hall–Kier alpha value is 0.0800. The molecular formula is C8H11Cl3O2. The number of alkyl halides is 3. The molecule has 0 heterocycles. The molecule has 0 atom stereocenters. The number of carbonyl (C=O) groups is 1. The van der Waals surface area contributed by atoms with Crippen LogP contribution in [0.15, 0.2) is 12.2 Å². The molecule has 0 aromatic heterocycles. The molecule has 0 N–H and O–H groups in total. The van der Waals surface area contributed by atoms with Gasteiger partial charge in [-0.15, -0.1) is 0 Å². The SMILES string of the molecule is CCCCOC(=O)/C=C/C(Cl)(Cl)Cl. The molecule has 0 rings (SSSR count). The van der Waals surface area contributed by atoms with E-state index in [0.29, 0.717) is 6.61 Å². The Bertz CT molecular complexity index is 184. The van der Waals surface area contributed by atoms with Crippen molar-refractivity contribution in [2.75, 3.05) is 6.61 Å². The molecule has 76 valence electrons. The molecule has 2 nitrogen and oxygen atoms in total. The first-order chi connectivity index (χ1) is 5.95. The maximum Gasteiger partial charge on any atom is 0.330 e. The number of ether oxygens (including phenoxy) is 1. The minimum Gasteiger partial charge on any atom is -0.463 e. The maximum absolute atomic E-state index is 10.9. The zero-order valence-corrected chi connectivity index (χ0v) is 9.49. The summed E-state index contributed by atoms with van der Waals surface area (Å²) in [4.78, 5) is 10.9. The lowest BCUT2D eigenvalue weighted by atomic mass is 10.4. The first-order valence-corrected chi connectivity index (χ1v) is 5.02. The Morgan fingerprint density at radius 1 is 1.46 bits per heavy atom. The highest BCUT2D eigenvalue weighted by Crippen LogP contribution is 2.27. The molecule has 0 saturated carbocycles. The normalized spacial score (nSPS) is 12.0. The van der Waals surface area contributed by atoms with E-state index in [1.165, 1.54) is 0 Å². The second kappa shape index (κ2) is 6.52. The van der Waals surface area contributed by atoms with Crippen molar-refractivity contribution in [3.05, 3.63) is 12.2 Å². The molecule has 0 aromatic carbocycles. The van der Waals surface area contributed by atoms with Crippen molar-refractivity contribution in [2.45, 2.75) is 23.6 Å². The Balaban J connectivity index is 3.68. The molecule has 0 aromatic rings. The molecule has 0 unspecified atom stereocenters. The number of rotatable bonds is 4. The van der Waals surface area contributed by atoms with Crippen LogP contribution in [0.3, 0.4) is 0 Å². The summed E-state index contributed by atoms with van der Waals surface area (Å²) in [6.45, 7) is 2.41. The van der Waals surface area contributed by atoms with Gasteiger partial charge in [0, 0.05) is 6.08 Å². The van der Waals surface area contributed by atoms with Gasteiger partial charge in [0.2, 0.25) is 3.79 Å². The van der Waals surface area contributed by atoms with E-state index in [-0.39, 0.29) is 0 Å². The second-order valence-corrected chi connectivity index (χ2v) is 4.76. The van der Waals surface area contributed by atoms with Crippen molar-refractivity contribution in [3.8, 4) is 0 Å². The highest BCUT2D eigenvalue weighted by Gasteiger charge is 2.14. The van der Waals surface area contributed by atoms with Crippen LogP contribution in [0.25, 0.3) is 0 Å². The third kappa shape index (κ3) is 10.00. The first-order valence-electron chi connectivity index (χ1n) is 3.88. The quantitative estimate of drug-likeness (QED) is 0.329. The molecule has 0 saturated heterocycles. The Labute approximate surface area is 92.8 Å². The summed E-state index contributed by atoms with van der Waals surface area (Å²) >= 11 is 16.1. The number of halogens is 3. The van der Waals surface area contributed by atoms with Crippen LogP contribution in [-0.4, -0.2) is 16.4 Å². The maximum atomic E-state index is 10.9. The van der Waals surface area contributed by atoms with E-state index in [1.807, 2.05) is 6.92 Å². The monoisotopic (exact) mass is 244 g/mol. The number of unbranched alkanes of at least 4 members (excludes halogenated alkanes) is 1. The van der Waals surface area contributed by atoms with Crippen LogP contribution in [0.1, 0.15) is 19.8 Å². The fraction of sp³-hybridized carbons (Fsp3) is 0.625. The van der Waals surface area contributed by atoms with Crippen LogP contribution < -0.4 is 0 Å². The average Bonchev–Trinajstić information content (AvgIpc) is 2.00. The predicted molar refractivity (Wildman–Crippen MR) is 55.3 cm³/mol. The van der Waals surface area contributed by atoms with Crippen LogP contribution in [-0.2, 0) is 9.53 Å². The summed E-state index contributed by atoms with van der Waals surface area (Å²) in [5, 5.41) is 0. The van der Waals surface area contributed by atoms with Gasteiger partial charge in [0.15, 0.2) is 0 Å². The smallest absolute Gasteiger partial charge is 0.330 e. The number of carbonyl (C=O) groups excluding carboxylic acids is 1. The second-order valence-electron chi connectivity index (χ2n) is 2.40. The summed E-state index contributed by atoms with van der Waals surface area (Å²) in [7, 11) is 0. The summed E-state index contributed by atoms with van der Waals surface area (Å²) < 4.78 is 3.24. The summed E-state index contributed by atoms with van der Waals surface area (Å²) in [6.07, 6.45) is 4.09. The van der Waals surface area contributed by atoms with Crippen LogP contribution >= 0.6 is 34.8 Å². The van der Waals surface area contributed by atoms with Gasteiger partial charge in [-0.2, -0.15) is 0 Å². The minimum absolute atomic E-state index is 0.402. The van der Waals surface area contributed by atoms with Crippen molar-refractivity contribution in [1.82, 2.24) is 0 Å². The molecule has 0 bridgehead atoms. The summed E-state index contributed by atoms with van der Waals surface area (Å²) in [5.41, 5.74) is 0. The molecule has 0 spiro atoms. The highest BCUT2D eigenvalue weighted by molar-refractivity contribution is 6.69. The lowest BCUT2D eigenvalue weighted by Gasteiger charge is -2.02. The molecular weight excluding hydrogens is 234 g/mol. The number of esters is 1. The van der Waals surface area contributed by atoms with Gasteiger partial charge in [0.05, 0.1) is 6.61 Å². The fourth-order valence-electron chi connectivity index (χ4n) is 0.528. The van der Waals surface area contributed by atoms with Crippen LogP contribution in [0.2, 0.25) is 0 Å². The molecule has 13 heavy (non-hydrogen) atoms. The van der Waals surface area contributed by atoms with Crippen molar-refractivity contribution < 1.29 is 9.53 Å². The van der Waals surface area contributed by atoms with Crippen molar-refractivity contribution in [3.63, 3.8) is 0 Å². The van der Waals surface area contributed by atoms with E-state index < -0.39 is 9.76 Å². The van der Waals surface area contributed by atoms with Crippen molar-refractivity contribution >= 4 is 40.8 Å². The largest absolute Gasteiger partial charge is 0.463 e. The van der Waals surface area contributed by atoms with E-state index in [2.05, 4.69) is 0 Å². The predicted octanol–water partition coefficient (Wildman–Crippen LogP) is 3.26. The summed E-state index contributed by atoms with van der Waals surface area (Å²) in [5.74, 6) is -0.486. The van der Waals surface area contributed by atoms with Gasteiger partial charge in [0.1, 0.15) is 0 Å². The van der Waals surface area contributed by atoms with Crippen molar-refractivity contribution in [1.29, 1.82) is 0 Å².